The van der Waals surface area contributed by atoms with Crippen molar-refractivity contribution in [3.63, 3.8) is 0 Å². The number of hydrogen-bond acceptors (Lipinski definition) is 5. The minimum atomic E-state index is -0.680. The van der Waals surface area contributed by atoms with Crippen molar-refractivity contribution in [2.75, 3.05) is 20.3 Å². The molecule has 0 amide bonds. The van der Waals surface area contributed by atoms with Gasteiger partial charge in [0, 0.05) is 18.5 Å². The van der Waals surface area contributed by atoms with Crippen molar-refractivity contribution in [3.05, 3.63) is 29.8 Å². The normalized spacial score (nSPS) is 35.4. The van der Waals surface area contributed by atoms with Crippen LogP contribution in [0.4, 0.5) is 0 Å². The molecular weight excluding hydrogens is 341 g/mol. The van der Waals surface area contributed by atoms with E-state index in [1.807, 2.05) is 12.1 Å². The van der Waals surface area contributed by atoms with Gasteiger partial charge in [-0.1, -0.05) is 24.3 Å². The summed E-state index contributed by atoms with van der Waals surface area (Å²) in [7, 11) is 1.78. The fourth-order valence-electron chi connectivity index (χ4n) is 4.59. The van der Waals surface area contributed by atoms with Gasteiger partial charge in [0.2, 0.25) is 0 Å². The van der Waals surface area contributed by atoms with E-state index < -0.39 is 5.60 Å². The summed E-state index contributed by atoms with van der Waals surface area (Å²) in [6.07, 6.45) is 2.16. The Balaban J connectivity index is 1.51. The van der Waals surface area contributed by atoms with Gasteiger partial charge in [-0.2, -0.15) is 0 Å². The molecule has 5 nitrogen and oxygen atoms in total. The lowest BCUT2D eigenvalue weighted by Gasteiger charge is -2.50. The van der Waals surface area contributed by atoms with Crippen LogP contribution in [0, 0.1) is 0 Å². The van der Waals surface area contributed by atoms with E-state index in [0.717, 1.165) is 23.9 Å². The lowest BCUT2D eigenvalue weighted by molar-refractivity contribution is -0.133. The summed E-state index contributed by atoms with van der Waals surface area (Å²) in [4.78, 5) is 2.37. The molecule has 3 heterocycles. The van der Waals surface area contributed by atoms with Crippen LogP contribution in [-0.2, 0) is 20.5 Å². The molecule has 2 atom stereocenters. The molecule has 0 aromatic heterocycles. The quantitative estimate of drug-likeness (QED) is 0.819. The lowest BCUT2D eigenvalue weighted by Crippen LogP contribution is -2.60. The third-order valence-electron chi connectivity index (χ3n) is 7.01. The molecule has 2 bridgehead atoms. The molecule has 1 aromatic rings. The molecule has 6 heteroatoms. The molecule has 4 rings (SSSR count). The molecule has 3 aliphatic heterocycles. The maximum atomic E-state index is 11.3. The third-order valence-corrected chi connectivity index (χ3v) is 7.01. The number of rotatable bonds is 3. The largest absolute Gasteiger partial charge is 0.494 e. The van der Waals surface area contributed by atoms with E-state index in [1.165, 1.54) is 0 Å². The van der Waals surface area contributed by atoms with Gasteiger partial charge in [-0.05, 0) is 58.6 Å². The van der Waals surface area contributed by atoms with Crippen molar-refractivity contribution in [1.29, 1.82) is 0 Å². The number of fused-ring (bicyclic) bond motifs is 2. The molecule has 1 N–H and O–H groups in total. The van der Waals surface area contributed by atoms with Crippen molar-refractivity contribution < 1.29 is 19.2 Å². The van der Waals surface area contributed by atoms with Crippen molar-refractivity contribution in [2.45, 2.75) is 75.8 Å². The van der Waals surface area contributed by atoms with Gasteiger partial charge in [0.1, 0.15) is 0 Å². The van der Waals surface area contributed by atoms with Crippen LogP contribution in [0.5, 0.6) is 0 Å². The first-order chi connectivity index (χ1) is 12.6. The van der Waals surface area contributed by atoms with Crippen LogP contribution in [0.25, 0.3) is 0 Å². The van der Waals surface area contributed by atoms with E-state index in [-0.39, 0.29) is 18.3 Å². The van der Waals surface area contributed by atoms with Crippen molar-refractivity contribution in [2.24, 2.45) is 0 Å². The summed E-state index contributed by atoms with van der Waals surface area (Å²) in [6, 6.07) is 8.91. The first-order valence-corrected chi connectivity index (χ1v) is 10.1. The molecule has 0 radical (unpaired) electrons. The van der Waals surface area contributed by atoms with E-state index in [4.69, 9.17) is 14.0 Å². The highest BCUT2D eigenvalue weighted by Crippen LogP contribution is 2.37. The topological polar surface area (TPSA) is 51.2 Å². The number of benzene rings is 1. The molecule has 1 aromatic carbocycles. The van der Waals surface area contributed by atoms with Gasteiger partial charge in [-0.15, -0.1) is 0 Å². The number of piperidine rings is 1. The van der Waals surface area contributed by atoms with Crippen molar-refractivity contribution in [3.8, 4) is 0 Å². The minimum absolute atomic E-state index is 0.300. The SMILES string of the molecule is CN1C2COCC1CC(O)(Cc1cccc(B3OC(C)(C)C(C)(C)O3)c1)C2. The van der Waals surface area contributed by atoms with Crippen molar-refractivity contribution in [1.82, 2.24) is 4.90 Å². The van der Waals surface area contributed by atoms with E-state index >= 15 is 0 Å². The Kier molecular flexibility index (Phi) is 4.72. The minimum Gasteiger partial charge on any atom is -0.399 e. The van der Waals surface area contributed by atoms with Crippen LogP contribution in [0.15, 0.2) is 24.3 Å². The maximum absolute atomic E-state index is 11.3. The molecule has 0 saturated carbocycles. The summed E-state index contributed by atoms with van der Waals surface area (Å²) in [5.74, 6) is 0. The highest BCUT2D eigenvalue weighted by molar-refractivity contribution is 6.62. The van der Waals surface area contributed by atoms with E-state index in [1.54, 1.807) is 0 Å². The highest BCUT2D eigenvalue weighted by Gasteiger charge is 2.52. The molecule has 2 unspecified atom stereocenters. The number of aliphatic hydroxyl groups is 1. The predicted molar refractivity (Wildman–Crippen MR) is 106 cm³/mol. The van der Waals surface area contributed by atoms with Crippen LogP contribution in [-0.4, -0.2) is 66.3 Å². The summed E-state index contributed by atoms with van der Waals surface area (Å²) in [5, 5.41) is 11.3. The zero-order valence-corrected chi connectivity index (χ0v) is 17.2. The summed E-state index contributed by atoms with van der Waals surface area (Å²) < 4.78 is 18.1. The van der Waals surface area contributed by atoms with Crippen LogP contribution >= 0.6 is 0 Å². The van der Waals surface area contributed by atoms with Crippen LogP contribution in [0.2, 0.25) is 0 Å². The molecule has 148 valence electrons. The highest BCUT2D eigenvalue weighted by atomic mass is 16.7. The number of nitrogens with zero attached hydrogens (tertiary/aromatic N) is 1. The monoisotopic (exact) mass is 373 g/mol. The van der Waals surface area contributed by atoms with Crippen LogP contribution in [0.1, 0.15) is 46.1 Å². The number of likely N-dealkylation sites (N-methyl/N-ethyl adjacent to an activating group) is 1. The Morgan fingerprint density at radius 3 is 2.26 bits per heavy atom. The predicted octanol–water partition coefficient (Wildman–Crippen LogP) is 1.75. The summed E-state index contributed by atoms with van der Waals surface area (Å²) >= 11 is 0. The van der Waals surface area contributed by atoms with Gasteiger partial charge >= 0.3 is 7.12 Å². The van der Waals surface area contributed by atoms with Gasteiger partial charge < -0.3 is 19.2 Å². The number of hydrogen-bond donors (Lipinski definition) is 1. The van der Waals surface area contributed by atoms with Gasteiger partial charge in [0.05, 0.1) is 30.0 Å². The molecule has 3 fully saturated rings. The van der Waals surface area contributed by atoms with Gasteiger partial charge in [-0.25, -0.2) is 0 Å². The average Bonchev–Trinajstić information content (AvgIpc) is 2.77. The Morgan fingerprint density at radius 1 is 1.07 bits per heavy atom. The Hall–Kier alpha value is -0.915. The maximum Gasteiger partial charge on any atom is 0.494 e. The van der Waals surface area contributed by atoms with E-state index in [9.17, 15) is 5.11 Å². The van der Waals surface area contributed by atoms with Gasteiger partial charge in [0.25, 0.3) is 0 Å². The molecule has 3 aliphatic rings. The zero-order chi connectivity index (χ0) is 19.4. The van der Waals surface area contributed by atoms with E-state index in [2.05, 4.69) is 51.8 Å². The second-order valence-electron chi connectivity index (χ2n) is 9.65. The zero-order valence-electron chi connectivity index (χ0n) is 17.2. The molecular formula is C21H32BNO4. The molecule has 3 saturated heterocycles. The van der Waals surface area contributed by atoms with E-state index in [0.29, 0.717) is 31.7 Å². The molecule has 0 spiro atoms. The Bertz CT molecular complexity index is 677. The summed E-state index contributed by atoms with van der Waals surface area (Å²) in [6.45, 7) is 9.70. The third kappa shape index (κ3) is 3.58. The fourth-order valence-corrected chi connectivity index (χ4v) is 4.59. The molecule has 27 heavy (non-hydrogen) atoms. The van der Waals surface area contributed by atoms with Gasteiger partial charge in [0.15, 0.2) is 0 Å². The number of ether oxygens (including phenoxy) is 1. The lowest BCUT2D eigenvalue weighted by atomic mass is 9.75. The molecule has 0 aliphatic carbocycles. The number of morpholine rings is 1. The first kappa shape index (κ1) is 19.4. The van der Waals surface area contributed by atoms with Crippen molar-refractivity contribution >= 4 is 12.6 Å². The van der Waals surface area contributed by atoms with Crippen LogP contribution in [0.3, 0.4) is 0 Å². The Morgan fingerprint density at radius 2 is 1.67 bits per heavy atom. The fraction of sp³-hybridized carbons (Fsp3) is 0.714. The second kappa shape index (κ2) is 6.56. The smallest absolute Gasteiger partial charge is 0.399 e. The van der Waals surface area contributed by atoms with Gasteiger partial charge in [-0.3, -0.25) is 4.90 Å². The Labute approximate surface area is 163 Å². The second-order valence-corrected chi connectivity index (χ2v) is 9.65. The van der Waals surface area contributed by atoms with Crippen LogP contribution < -0.4 is 5.46 Å². The average molecular weight is 373 g/mol. The standard InChI is InChI=1S/C21H32BNO4/c1-19(2)20(3,4)27-22(26-19)16-8-6-7-15(9-16)10-21(24)11-17-13-25-14-18(12-21)23(17)5/h6-9,17-18,24H,10-14H2,1-5H3. The summed E-state index contributed by atoms with van der Waals surface area (Å²) in [5.41, 5.74) is 0.772. The first-order valence-electron chi connectivity index (χ1n) is 10.1.